The predicted molar refractivity (Wildman–Crippen MR) is 91.9 cm³/mol. The molecular formula is C14H16N4O2S3. The SMILES string of the molecule is Cc1nnc(SCC(=O)NNC(=O)c2csc3c2CCCC3)s1. The summed E-state index contributed by atoms with van der Waals surface area (Å²) in [5.41, 5.74) is 6.79. The minimum atomic E-state index is -0.264. The first kappa shape index (κ1) is 16.4. The van der Waals surface area contributed by atoms with Crippen LogP contribution in [0.5, 0.6) is 0 Å². The molecule has 2 N–H and O–H groups in total. The Morgan fingerprint density at radius 1 is 1.26 bits per heavy atom. The Kier molecular flexibility index (Phi) is 5.29. The summed E-state index contributed by atoms with van der Waals surface area (Å²) in [7, 11) is 0. The maximum atomic E-state index is 12.2. The van der Waals surface area contributed by atoms with E-state index in [1.165, 1.54) is 34.4 Å². The van der Waals surface area contributed by atoms with Gasteiger partial charge in [0.1, 0.15) is 5.01 Å². The Hall–Kier alpha value is -1.45. The summed E-state index contributed by atoms with van der Waals surface area (Å²) >= 11 is 4.38. The molecule has 6 nitrogen and oxygen atoms in total. The van der Waals surface area contributed by atoms with Crippen LogP contribution >= 0.6 is 34.4 Å². The van der Waals surface area contributed by atoms with E-state index >= 15 is 0 Å². The maximum Gasteiger partial charge on any atom is 0.270 e. The lowest BCUT2D eigenvalue weighted by molar-refractivity contribution is -0.119. The molecule has 2 aromatic rings. The molecule has 9 heteroatoms. The number of aromatic nitrogens is 2. The molecule has 0 spiro atoms. The molecule has 122 valence electrons. The minimum Gasteiger partial charge on any atom is -0.272 e. The number of amides is 2. The van der Waals surface area contributed by atoms with E-state index in [4.69, 9.17) is 0 Å². The zero-order valence-electron chi connectivity index (χ0n) is 12.5. The highest BCUT2D eigenvalue weighted by Gasteiger charge is 2.20. The number of rotatable bonds is 4. The third-order valence-electron chi connectivity index (χ3n) is 3.46. The zero-order valence-corrected chi connectivity index (χ0v) is 15.0. The summed E-state index contributed by atoms with van der Waals surface area (Å²) in [5.74, 6) is -0.314. The van der Waals surface area contributed by atoms with Crippen molar-refractivity contribution in [1.29, 1.82) is 0 Å². The molecule has 0 unspecified atom stereocenters. The van der Waals surface area contributed by atoms with E-state index < -0.39 is 0 Å². The van der Waals surface area contributed by atoms with Gasteiger partial charge >= 0.3 is 0 Å². The normalized spacial score (nSPS) is 13.4. The molecule has 0 aliphatic heterocycles. The highest BCUT2D eigenvalue weighted by molar-refractivity contribution is 8.01. The summed E-state index contributed by atoms with van der Waals surface area (Å²) in [6, 6.07) is 0. The first-order chi connectivity index (χ1) is 11.1. The molecule has 3 rings (SSSR count). The molecule has 0 atom stereocenters. The van der Waals surface area contributed by atoms with Crippen LogP contribution in [0.1, 0.15) is 38.6 Å². The van der Waals surface area contributed by atoms with Crippen LogP contribution in [-0.2, 0) is 17.6 Å². The van der Waals surface area contributed by atoms with Crippen LogP contribution in [0.25, 0.3) is 0 Å². The van der Waals surface area contributed by atoms with Crippen molar-refractivity contribution >= 4 is 46.2 Å². The number of hydrazine groups is 1. The highest BCUT2D eigenvalue weighted by atomic mass is 32.2. The molecule has 2 aromatic heterocycles. The van der Waals surface area contributed by atoms with Gasteiger partial charge in [0.05, 0.1) is 11.3 Å². The highest BCUT2D eigenvalue weighted by Crippen LogP contribution is 2.30. The summed E-state index contributed by atoms with van der Waals surface area (Å²) in [4.78, 5) is 25.3. The molecule has 0 bridgehead atoms. The predicted octanol–water partition coefficient (Wildman–Crippen LogP) is 2.34. The van der Waals surface area contributed by atoms with Gasteiger partial charge in [0.25, 0.3) is 5.91 Å². The Balaban J connectivity index is 1.48. The van der Waals surface area contributed by atoms with Gasteiger partial charge in [-0.1, -0.05) is 23.1 Å². The van der Waals surface area contributed by atoms with Crippen molar-refractivity contribution in [3.05, 3.63) is 26.4 Å². The van der Waals surface area contributed by atoms with Crippen LogP contribution in [0.2, 0.25) is 0 Å². The Morgan fingerprint density at radius 2 is 2.09 bits per heavy atom. The number of thioether (sulfide) groups is 1. The fourth-order valence-electron chi connectivity index (χ4n) is 2.38. The number of carbonyl (C=O) groups is 2. The summed E-state index contributed by atoms with van der Waals surface area (Å²) in [6.45, 7) is 1.86. The lowest BCUT2D eigenvalue weighted by atomic mass is 9.96. The van der Waals surface area contributed by atoms with Crippen LogP contribution in [0.3, 0.4) is 0 Å². The quantitative estimate of drug-likeness (QED) is 0.639. The second-order valence-corrected chi connectivity index (χ2v) is 8.50. The number of aryl methyl sites for hydroxylation is 2. The third-order valence-corrected chi connectivity index (χ3v) is 6.52. The number of nitrogens with one attached hydrogen (secondary N) is 2. The van der Waals surface area contributed by atoms with Gasteiger partial charge in [-0.3, -0.25) is 20.4 Å². The van der Waals surface area contributed by atoms with Crippen molar-refractivity contribution in [3.8, 4) is 0 Å². The number of nitrogens with zero attached hydrogens (tertiary/aromatic N) is 2. The monoisotopic (exact) mass is 368 g/mol. The molecule has 0 fully saturated rings. The van der Waals surface area contributed by atoms with Gasteiger partial charge in [-0.15, -0.1) is 21.5 Å². The minimum absolute atomic E-state index is 0.191. The number of hydrogen-bond donors (Lipinski definition) is 2. The largest absolute Gasteiger partial charge is 0.272 e. The average Bonchev–Trinajstić information content (AvgIpc) is 3.16. The van der Waals surface area contributed by atoms with E-state index in [0.29, 0.717) is 5.56 Å². The fraction of sp³-hybridized carbons (Fsp3) is 0.429. The average molecular weight is 369 g/mol. The van der Waals surface area contributed by atoms with Crippen LogP contribution in [0, 0.1) is 6.92 Å². The van der Waals surface area contributed by atoms with Gasteiger partial charge in [0, 0.05) is 10.3 Å². The first-order valence-corrected chi connectivity index (χ1v) is 9.93. The van der Waals surface area contributed by atoms with E-state index in [2.05, 4.69) is 21.0 Å². The molecule has 2 heterocycles. The van der Waals surface area contributed by atoms with Crippen molar-refractivity contribution in [2.24, 2.45) is 0 Å². The fourth-order valence-corrected chi connectivity index (χ4v) is 5.12. The molecule has 0 radical (unpaired) electrons. The van der Waals surface area contributed by atoms with Gasteiger partial charge < -0.3 is 0 Å². The maximum absolute atomic E-state index is 12.2. The van der Waals surface area contributed by atoms with Crippen LogP contribution < -0.4 is 10.9 Å². The van der Waals surface area contributed by atoms with Crippen molar-refractivity contribution in [2.45, 2.75) is 36.9 Å². The van der Waals surface area contributed by atoms with Gasteiger partial charge in [0.2, 0.25) is 5.91 Å². The summed E-state index contributed by atoms with van der Waals surface area (Å²) in [5, 5.41) is 10.6. The summed E-state index contributed by atoms with van der Waals surface area (Å²) in [6.07, 6.45) is 4.31. The van der Waals surface area contributed by atoms with E-state index in [-0.39, 0.29) is 17.6 Å². The molecule has 0 aromatic carbocycles. The molecule has 0 saturated carbocycles. The van der Waals surface area contributed by atoms with Gasteiger partial charge in [-0.2, -0.15) is 0 Å². The number of carbonyl (C=O) groups excluding carboxylic acids is 2. The van der Waals surface area contributed by atoms with E-state index in [0.717, 1.165) is 34.2 Å². The first-order valence-electron chi connectivity index (χ1n) is 7.25. The lowest BCUT2D eigenvalue weighted by Crippen LogP contribution is -2.42. The van der Waals surface area contributed by atoms with Gasteiger partial charge in [-0.05, 0) is 38.2 Å². The van der Waals surface area contributed by atoms with Crippen LogP contribution in [0.4, 0.5) is 0 Å². The van der Waals surface area contributed by atoms with E-state index in [1.54, 1.807) is 11.3 Å². The number of thiophene rings is 1. The third kappa shape index (κ3) is 4.10. The topological polar surface area (TPSA) is 84.0 Å². The van der Waals surface area contributed by atoms with Gasteiger partial charge in [0.15, 0.2) is 4.34 Å². The Morgan fingerprint density at radius 3 is 2.87 bits per heavy atom. The van der Waals surface area contributed by atoms with Crippen molar-refractivity contribution < 1.29 is 9.59 Å². The smallest absolute Gasteiger partial charge is 0.270 e. The standard InChI is InChI=1S/C14H16N4O2S3/c1-8-15-18-14(23-8)22-7-12(19)16-17-13(20)10-6-21-11-5-3-2-4-9(10)11/h6H,2-5,7H2,1H3,(H,16,19)(H,17,20). The van der Waals surface area contributed by atoms with E-state index in [9.17, 15) is 9.59 Å². The van der Waals surface area contributed by atoms with Crippen molar-refractivity contribution in [3.63, 3.8) is 0 Å². The van der Waals surface area contributed by atoms with Crippen LogP contribution in [-0.4, -0.2) is 27.8 Å². The number of fused-ring (bicyclic) bond motifs is 1. The van der Waals surface area contributed by atoms with Crippen LogP contribution in [0.15, 0.2) is 9.72 Å². The Bertz CT molecular complexity index is 725. The molecule has 0 saturated heterocycles. The number of hydrogen-bond acceptors (Lipinski definition) is 7. The second kappa shape index (κ2) is 7.41. The second-order valence-electron chi connectivity index (χ2n) is 5.14. The van der Waals surface area contributed by atoms with Crippen molar-refractivity contribution in [1.82, 2.24) is 21.0 Å². The molecule has 1 aliphatic carbocycles. The summed E-state index contributed by atoms with van der Waals surface area (Å²) < 4.78 is 0.746. The van der Waals surface area contributed by atoms with Crippen molar-refractivity contribution in [2.75, 3.05) is 5.75 Å². The molecule has 2 amide bonds. The Labute approximate surface area is 146 Å². The van der Waals surface area contributed by atoms with E-state index in [1.807, 2.05) is 12.3 Å². The zero-order chi connectivity index (χ0) is 16.2. The lowest BCUT2D eigenvalue weighted by Gasteiger charge is -2.13. The van der Waals surface area contributed by atoms with Gasteiger partial charge in [-0.25, -0.2) is 0 Å². The molecular weight excluding hydrogens is 352 g/mol. The molecule has 23 heavy (non-hydrogen) atoms. The molecule has 1 aliphatic rings.